The van der Waals surface area contributed by atoms with Crippen LogP contribution >= 0.6 is 0 Å². The molecule has 0 saturated carbocycles. The lowest BCUT2D eigenvalue weighted by Gasteiger charge is -2.11. The van der Waals surface area contributed by atoms with Gasteiger partial charge in [0.1, 0.15) is 5.69 Å². The van der Waals surface area contributed by atoms with Crippen molar-refractivity contribution in [2.45, 2.75) is 6.18 Å². The first-order valence-corrected chi connectivity index (χ1v) is 9.30. The topological polar surface area (TPSA) is 99.8 Å². The molecule has 31 heavy (non-hydrogen) atoms. The van der Waals surface area contributed by atoms with Crippen LogP contribution in [0.2, 0.25) is 0 Å². The van der Waals surface area contributed by atoms with Crippen LogP contribution in [-0.2, 0) is 6.18 Å². The number of rotatable bonds is 5. The van der Waals surface area contributed by atoms with Gasteiger partial charge in [-0.1, -0.05) is 18.2 Å². The zero-order valence-electron chi connectivity index (χ0n) is 16.0. The van der Waals surface area contributed by atoms with Crippen LogP contribution in [0.1, 0.15) is 16.1 Å². The van der Waals surface area contributed by atoms with Gasteiger partial charge in [0.25, 0.3) is 5.91 Å². The van der Waals surface area contributed by atoms with E-state index < -0.39 is 17.8 Å². The molecule has 4 aromatic rings. The van der Waals surface area contributed by atoms with E-state index in [4.69, 9.17) is 0 Å². The maximum atomic E-state index is 12.7. The van der Waals surface area contributed by atoms with Gasteiger partial charge in [0.2, 0.25) is 5.95 Å². The molecule has 0 fully saturated rings. The number of nitrogens with zero attached hydrogens (tertiary/aromatic N) is 2. The van der Waals surface area contributed by atoms with Crippen LogP contribution in [0.25, 0.3) is 21.8 Å². The Morgan fingerprint density at radius 2 is 1.77 bits per heavy atom. The van der Waals surface area contributed by atoms with E-state index >= 15 is 0 Å². The number of pyridine rings is 1. The summed E-state index contributed by atoms with van der Waals surface area (Å²) in [6.07, 6.45) is -3.56. The first-order valence-electron chi connectivity index (χ1n) is 9.30. The number of carbonyl (C=O) groups excluding carboxylic acids is 1. The summed E-state index contributed by atoms with van der Waals surface area (Å²) in [5, 5.41) is 6.23. The number of hydrogen-bond acceptors (Lipinski definition) is 5. The number of aromatic amines is 1. The van der Waals surface area contributed by atoms with Crippen LogP contribution in [0.3, 0.4) is 0 Å². The normalized spacial score (nSPS) is 11.6. The Morgan fingerprint density at radius 3 is 2.58 bits per heavy atom. The number of carbonyl (C=O) groups is 1. The summed E-state index contributed by atoms with van der Waals surface area (Å²) in [5.41, 5.74) is 0.0838. The molecule has 0 atom stereocenters. The van der Waals surface area contributed by atoms with E-state index in [1.807, 2.05) is 0 Å². The molecule has 0 unspecified atom stereocenters. The molecule has 1 amide bonds. The summed E-state index contributed by atoms with van der Waals surface area (Å²) in [5.74, 6) is -0.617. The summed E-state index contributed by atoms with van der Waals surface area (Å²) in [6.45, 7) is 0.212. The van der Waals surface area contributed by atoms with Gasteiger partial charge in [0, 0.05) is 35.6 Å². The molecule has 158 valence electrons. The van der Waals surface area contributed by atoms with E-state index in [0.29, 0.717) is 21.8 Å². The highest BCUT2D eigenvalue weighted by Gasteiger charge is 2.32. The minimum absolute atomic E-state index is 0.104. The van der Waals surface area contributed by atoms with Gasteiger partial charge in [0.15, 0.2) is 5.43 Å². The largest absolute Gasteiger partial charge is 0.433 e. The maximum absolute atomic E-state index is 12.7. The number of H-pyrrole nitrogens is 1. The number of aromatic nitrogens is 3. The fraction of sp³-hybridized carbons (Fsp3) is 0.143. The lowest BCUT2D eigenvalue weighted by molar-refractivity contribution is -0.141. The smallest absolute Gasteiger partial charge is 0.354 e. The average molecular weight is 427 g/mol. The van der Waals surface area contributed by atoms with Crippen molar-refractivity contribution in [2.24, 2.45) is 0 Å². The first kappa shape index (κ1) is 20.3. The third-order valence-corrected chi connectivity index (χ3v) is 4.62. The van der Waals surface area contributed by atoms with E-state index in [1.54, 1.807) is 42.5 Å². The monoisotopic (exact) mass is 427 g/mol. The Morgan fingerprint density at radius 1 is 1.00 bits per heavy atom. The van der Waals surface area contributed by atoms with Crippen LogP contribution in [0.5, 0.6) is 0 Å². The summed E-state index contributed by atoms with van der Waals surface area (Å²) >= 11 is 0. The van der Waals surface area contributed by atoms with Crippen LogP contribution in [0, 0.1) is 0 Å². The van der Waals surface area contributed by atoms with E-state index in [9.17, 15) is 22.8 Å². The molecule has 0 saturated heterocycles. The number of nitrogens with one attached hydrogen (secondary N) is 3. The van der Waals surface area contributed by atoms with Gasteiger partial charge < -0.3 is 15.6 Å². The summed E-state index contributed by atoms with van der Waals surface area (Å²) in [4.78, 5) is 35.6. The Labute approximate surface area is 173 Å². The van der Waals surface area contributed by atoms with Crippen molar-refractivity contribution in [3.05, 3.63) is 76.2 Å². The standard InChI is InChI=1S/C21H16F3N5O2/c22-21(23,24)16-8-9-26-20(29-16)27-11-10-25-19(31)14-6-3-5-13-17(14)28-15-7-2-1-4-12(15)18(13)30/h1-9H,10-11H2,(H,25,31)(H,28,30)(H,26,27,29). The third kappa shape index (κ3) is 4.18. The number of hydrogen-bond donors (Lipinski definition) is 3. The molecule has 0 aliphatic carbocycles. The molecule has 0 spiro atoms. The highest BCUT2D eigenvalue weighted by Crippen LogP contribution is 2.27. The van der Waals surface area contributed by atoms with E-state index in [1.165, 1.54) is 0 Å². The van der Waals surface area contributed by atoms with Gasteiger partial charge in [-0.2, -0.15) is 13.2 Å². The van der Waals surface area contributed by atoms with Gasteiger partial charge in [-0.05, 0) is 30.3 Å². The fourth-order valence-electron chi connectivity index (χ4n) is 3.18. The van der Waals surface area contributed by atoms with Crippen molar-refractivity contribution in [3.63, 3.8) is 0 Å². The average Bonchev–Trinajstić information content (AvgIpc) is 2.76. The van der Waals surface area contributed by atoms with E-state index in [0.717, 1.165) is 12.3 Å². The SMILES string of the molecule is O=C(NCCNc1nccc(C(F)(F)F)n1)c1cccc2c(=O)c3ccccc3[nH]c12. The zero-order chi connectivity index (χ0) is 22.0. The Bertz CT molecular complexity index is 1330. The molecule has 0 radical (unpaired) electrons. The summed E-state index contributed by atoms with van der Waals surface area (Å²) < 4.78 is 38.1. The second-order valence-electron chi connectivity index (χ2n) is 6.67. The van der Waals surface area contributed by atoms with Crippen molar-refractivity contribution in [1.82, 2.24) is 20.3 Å². The molecule has 10 heteroatoms. The molecule has 0 aliphatic rings. The Hall–Kier alpha value is -3.95. The van der Waals surface area contributed by atoms with Crippen LogP contribution in [0.15, 0.2) is 59.5 Å². The maximum Gasteiger partial charge on any atom is 0.433 e. The van der Waals surface area contributed by atoms with Crippen molar-refractivity contribution < 1.29 is 18.0 Å². The van der Waals surface area contributed by atoms with Crippen molar-refractivity contribution in [1.29, 1.82) is 0 Å². The van der Waals surface area contributed by atoms with E-state index in [-0.39, 0.29) is 30.0 Å². The number of para-hydroxylation sites is 2. The van der Waals surface area contributed by atoms with Crippen LogP contribution in [0.4, 0.5) is 19.1 Å². The molecule has 7 nitrogen and oxygen atoms in total. The highest BCUT2D eigenvalue weighted by atomic mass is 19.4. The molecular formula is C21H16F3N5O2. The number of halogens is 3. The Kier molecular flexibility index (Phi) is 5.28. The number of alkyl halides is 3. The molecule has 2 aromatic carbocycles. The number of fused-ring (bicyclic) bond motifs is 2. The third-order valence-electron chi connectivity index (χ3n) is 4.62. The van der Waals surface area contributed by atoms with Gasteiger partial charge in [0.05, 0.1) is 11.1 Å². The predicted molar refractivity (Wildman–Crippen MR) is 110 cm³/mol. The summed E-state index contributed by atoms with van der Waals surface area (Å²) in [7, 11) is 0. The molecule has 0 aliphatic heterocycles. The predicted octanol–water partition coefficient (Wildman–Crippen LogP) is 3.33. The van der Waals surface area contributed by atoms with Gasteiger partial charge in [-0.3, -0.25) is 9.59 Å². The van der Waals surface area contributed by atoms with E-state index in [2.05, 4.69) is 25.6 Å². The fourth-order valence-corrected chi connectivity index (χ4v) is 3.18. The quantitative estimate of drug-likeness (QED) is 0.335. The van der Waals surface area contributed by atoms with Crippen molar-refractivity contribution in [3.8, 4) is 0 Å². The lowest BCUT2D eigenvalue weighted by Crippen LogP contribution is -2.29. The van der Waals surface area contributed by atoms with Crippen molar-refractivity contribution in [2.75, 3.05) is 18.4 Å². The highest BCUT2D eigenvalue weighted by molar-refractivity contribution is 6.07. The molecular weight excluding hydrogens is 411 g/mol. The molecule has 3 N–H and O–H groups in total. The minimum atomic E-state index is -4.57. The second kappa shape index (κ2) is 8.05. The molecule has 4 rings (SSSR count). The Balaban J connectivity index is 1.48. The minimum Gasteiger partial charge on any atom is -0.354 e. The van der Waals surface area contributed by atoms with Gasteiger partial charge in [-0.15, -0.1) is 0 Å². The van der Waals surface area contributed by atoms with Crippen molar-refractivity contribution >= 4 is 33.7 Å². The lowest BCUT2D eigenvalue weighted by atomic mass is 10.1. The summed E-state index contributed by atoms with van der Waals surface area (Å²) in [6, 6.07) is 12.6. The molecule has 2 heterocycles. The second-order valence-corrected chi connectivity index (χ2v) is 6.67. The van der Waals surface area contributed by atoms with Gasteiger partial charge >= 0.3 is 6.18 Å². The number of amides is 1. The molecule has 2 aromatic heterocycles. The van der Waals surface area contributed by atoms with Crippen LogP contribution < -0.4 is 16.1 Å². The number of anilines is 1. The zero-order valence-corrected chi connectivity index (χ0v) is 16.0. The number of benzene rings is 2. The van der Waals surface area contributed by atoms with Crippen LogP contribution in [-0.4, -0.2) is 33.9 Å². The van der Waals surface area contributed by atoms with Gasteiger partial charge in [-0.25, -0.2) is 9.97 Å². The first-order chi connectivity index (χ1) is 14.8. The molecule has 0 bridgehead atoms.